The molecule has 0 saturated heterocycles. The van der Waals surface area contributed by atoms with Crippen molar-refractivity contribution in [1.82, 2.24) is 0 Å². The topological polar surface area (TPSA) is 224 Å². The Kier molecular flexibility index (Phi) is 37.3. The molecule has 0 fully saturated rings. The summed E-state index contributed by atoms with van der Waals surface area (Å²) in [6.45, 7) is 0. The maximum Gasteiger partial charge on any atom is 3.00 e. The largest absolute Gasteiger partial charge is 3.00 e. The van der Waals surface area contributed by atoms with Crippen LogP contribution in [-0.4, -0.2) is 101 Å². The number of hydrogen-bond acceptors (Lipinski definition) is 8. The van der Waals surface area contributed by atoms with Gasteiger partial charge in [-0.15, -0.1) is 0 Å². The molecule has 0 bridgehead atoms. The smallest absolute Gasteiger partial charge is 0.759 e. The van der Waals surface area contributed by atoms with E-state index in [9.17, 15) is 0 Å². The van der Waals surface area contributed by atoms with Crippen LogP contribution in [0.15, 0.2) is 0 Å². The minimum atomic E-state index is -5.17. The Balaban J connectivity index is -0.0000000178. The quantitative estimate of drug-likeness (QED) is 0.238. The summed E-state index contributed by atoms with van der Waals surface area (Å²) in [6, 6.07) is 0. The van der Waals surface area contributed by atoms with Crippen LogP contribution in [0.3, 0.4) is 0 Å². The molecule has 14 heavy (non-hydrogen) atoms. The Labute approximate surface area is 121 Å². The maximum atomic E-state index is 8.52. The molecule has 0 aromatic heterocycles. The third-order valence-electron chi connectivity index (χ3n) is 0. The number of rotatable bonds is 0. The standard InChI is InChI=1S/Al.Ca.2H2O4S.2H2O/c;;2*1-5(2,3)4;;/h;;2*(H2,1,2,3,4);2*1H2/q+3;+2;;;;/p-4. The molecule has 0 aromatic rings. The van der Waals surface area contributed by atoms with Crippen molar-refractivity contribution in [2.45, 2.75) is 0 Å². The van der Waals surface area contributed by atoms with E-state index < -0.39 is 20.8 Å². The Hall–Kier alpha value is 1.45. The van der Waals surface area contributed by atoms with Gasteiger partial charge in [-0.1, -0.05) is 0 Å². The third kappa shape index (κ3) is 989. The minimum absolute atomic E-state index is 0. The molecular weight excluding hydrogens is 291 g/mol. The van der Waals surface area contributed by atoms with Gasteiger partial charge in [0.2, 0.25) is 0 Å². The van der Waals surface area contributed by atoms with Gasteiger partial charge in [0.05, 0.1) is 0 Å². The molecular formula is H4AlCaO10S2+. The molecule has 0 spiro atoms. The minimum Gasteiger partial charge on any atom is -0.759 e. The molecule has 0 aliphatic heterocycles. The molecule has 0 aliphatic carbocycles. The second-order valence-corrected chi connectivity index (χ2v) is 2.45. The molecule has 0 radical (unpaired) electrons. The van der Waals surface area contributed by atoms with Crippen molar-refractivity contribution in [2.75, 3.05) is 0 Å². The van der Waals surface area contributed by atoms with E-state index >= 15 is 0 Å². The molecule has 10 nitrogen and oxygen atoms in total. The first-order chi connectivity index (χ1) is 4.00. The van der Waals surface area contributed by atoms with Crippen LogP contribution in [0.25, 0.3) is 0 Å². The first kappa shape index (κ1) is 36.1. The molecule has 0 heterocycles. The van der Waals surface area contributed by atoms with Crippen molar-refractivity contribution in [3.8, 4) is 0 Å². The molecule has 14 heteroatoms. The monoisotopic (exact) mass is 295 g/mol. The zero-order valence-electron chi connectivity index (χ0n) is 6.37. The zero-order chi connectivity index (χ0) is 9.00. The second kappa shape index (κ2) is 14.5. The summed E-state index contributed by atoms with van der Waals surface area (Å²) < 4.78 is 68.2. The summed E-state index contributed by atoms with van der Waals surface area (Å²) in [7, 11) is -10.3. The zero-order valence-corrected chi connectivity index (χ0v) is 11.4. The van der Waals surface area contributed by atoms with Crippen LogP contribution >= 0.6 is 0 Å². The van der Waals surface area contributed by atoms with Gasteiger partial charge in [-0.3, -0.25) is 16.8 Å². The van der Waals surface area contributed by atoms with E-state index in [1.807, 2.05) is 0 Å². The van der Waals surface area contributed by atoms with Gasteiger partial charge < -0.3 is 29.2 Å². The third-order valence-corrected chi connectivity index (χ3v) is 0. The Morgan fingerprint density at radius 1 is 0.643 bits per heavy atom. The molecule has 0 saturated carbocycles. The maximum absolute atomic E-state index is 8.52. The van der Waals surface area contributed by atoms with Crippen LogP contribution in [0.2, 0.25) is 0 Å². The Bertz CT molecular complexity index is 214. The molecule has 0 atom stereocenters. The van der Waals surface area contributed by atoms with Gasteiger partial charge in [0.25, 0.3) is 0 Å². The van der Waals surface area contributed by atoms with Crippen molar-refractivity contribution < 1.29 is 46.0 Å². The summed E-state index contributed by atoms with van der Waals surface area (Å²) in [6.07, 6.45) is 0. The van der Waals surface area contributed by atoms with E-state index in [0.717, 1.165) is 0 Å². The van der Waals surface area contributed by atoms with E-state index in [2.05, 4.69) is 0 Å². The SMILES string of the molecule is O.O.O=S(=O)([O-])[O-].O=S(=O)([O-])[O-].[Al+3].[Ca+2]. The second-order valence-electron chi connectivity index (χ2n) is 0.816. The van der Waals surface area contributed by atoms with Crippen LogP contribution in [0.4, 0.5) is 0 Å². The van der Waals surface area contributed by atoms with Gasteiger partial charge in [0, 0.05) is 20.8 Å². The molecule has 0 amide bonds. The molecule has 4 N–H and O–H groups in total. The van der Waals surface area contributed by atoms with Crippen molar-refractivity contribution >= 4 is 75.9 Å². The Morgan fingerprint density at radius 2 is 0.643 bits per heavy atom. The van der Waals surface area contributed by atoms with Crippen molar-refractivity contribution in [3.05, 3.63) is 0 Å². The molecule has 0 aliphatic rings. The first-order valence-corrected chi connectivity index (χ1v) is 4.00. The summed E-state index contributed by atoms with van der Waals surface area (Å²) >= 11 is 0. The van der Waals surface area contributed by atoms with Crippen LogP contribution in [-0.2, 0) is 20.8 Å². The van der Waals surface area contributed by atoms with E-state index in [1.54, 1.807) is 0 Å². The summed E-state index contributed by atoms with van der Waals surface area (Å²) in [5, 5.41) is 0. The van der Waals surface area contributed by atoms with Gasteiger partial charge in [-0.2, -0.15) is 0 Å². The van der Waals surface area contributed by atoms with Crippen LogP contribution in [0, 0.1) is 0 Å². The van der Waals surface area contributed by atoms with Crippen molar-refractivity contribution in [1.29, 1.82) is 0 Å². The summed E-state index contributed by atoms with van der Waals surface area (Å²) in [4.78, 5) is 0. The summed E-state index contributed by atoms with van der Waals surface area (Å²) in [5.74, 6) is 0. The van der Waals surface area contributed by atoms with E-state index in [1.165, 1.54) is 0 Å². The van der Waals surface area contributed by atoms with E-state index in [-0.39, 0.29) is 66.1 Å². The van der Waals surface area contributed by atoms with Gasteiger partial charge in [0.1, 0.15) is 0 Å². The van der Waals surface area contributed by atoms with Gasteiger partial charge in [-0.25, -0.2) is 0 Å². The first-order valence-electron chi connectivity index (χ1n) is 1.33. The van der Waals surface area contributed by atoms with Crippen LogP contribution in [0.1, 0.15) is 0 Å². The normalized spacial score (nSPS) is 8.29. The molecule has 0 rings (SSSR count). The van der Waals surface area contributed by atoms with Crippen LogP contribution in [0.5, 0.6) is 0 Å². The fourth-order valence-electron chi connectivity index (χ4n) is 0. The molecule has 80 valence electrons. The van der Waals surface area contributed by atoms with Gasteiger partial charge in [0.15, 0.2) is 0 Å². The average molecular weight is 295 g/mol. The fraction of sp³-hybridized carbons (Fsp3) is 0. The number of hydrogen-bond donors (Lipinski definition) is 0. The summed E-state index contributed by atoms with van der Waals surface area (Å²) in [5.41, 5.74) is 0. The van der Waals surface area contributed by atoms with E-state index in [4.69, 9.17) is 35.0 Å². The molecule has 0 aromatic carbocycles. The molecule has 0 unspecified atom stereocenters. The predicted octanol–water partition coefficient (Wildman–Crippen LogP) is -5.09. The Morgan fingerprint density at radius 3 is 0.643 bits per heavy atom. The van der Waals surface area contributed by atoms with Crippen molar-refractivity contribution in [2.24, 2.45) is 0 Å². The van der Waals surface area contributed by atoms with Crippen molar-refractivity contribution in [3.63, 3.8) is 0 Å². The van der Waals surface area contributed by atoms with Gasteiger partial charge in [-0.05, 0) is 0 Å². The average Bonchev–Trinajstić information content (AvgIpc) is 1.12. The fourth-order valence-corrected chi connectivity index (χ4v) is 0. The van der Waals surface area contributed by atoms with E-state index in [0.29, 0.717) is 0 Å². The predicted molar refractivity (Wildman–Crippen MR) is 39.7 cm³/mol. The van der Waals surface area contributed by atoms with Crippen LogP contribution < -0.4 is 0 Å². The van der Waals surface area contributed by atoms with Gasteiger partial charge >= 0.3 is 55.1 Å².